The molecule has 0 N–H and O–H groups in total. The largest absolute Gasteiger partial charge is 0.858 e. The van der Waals surface area contributed by atoms with E-state index in [1.54, 1.807) is 0 Å². The summed E-state index contributed by atoms with van der Waals surface area (Å²) in [5.41, 5.74) is 3.68. The van der Waals surface area contributed by atoms with E-state index in [4.69, 9.17) is 0 Å². The monoisotopic (exact) mass is 286 g/mol. The fourth-order valence-electron chi connectivity index (χ4n) is 2.83. The van der Waals surface area contributed by atoms with Gasteiger partial charge in [0, 0.05) is 11.6 Å². The number of hydrogen-bond donors (Lipinski definition) is 0. The lowest BCUT2D eigenvalue weighted by molar-refractivity contribution is -0.213. The molecule has 0 radical (unpaired) electrons. The molecule has 1 unspecified atom stereocenters. The summed E-state index contributed by atoms with van der Waals surface area (Å²) in [6, 6.07) is 19.4. The summed E-state index contributed by atoms with van der Waals surface area (Å²) in [4.78, 5) is 4.05. The Kier molecular flexibility index (Phi) is 3.73. The van der Waals surface area contributed by atoms with Crippen molar-refractivity contribution in [1.82, 2.24) is 0 Å². The zero-order valence-electron chi connectivity index (χ0n) is 12.2. The Morgan fingerprint density at radius 1 is 1.00 bits per heavy atom. The lowest BCUT2D eigenvalue weighted by atomic mass is 9.79. The molecule has 0 saturated heterocycles. The van der Waals surface area contributed by atoms with E-state index < -0.39 is 5.90 Å². The second kappa shape index (κ2) is 5.84. The molecule has 1 atom stereocenters. The van der Waals surface area contributed by atoms with Gasteiger partial charge in [0.25, 0.3) is 0 Å². The van der Waals surface area contributed by atoms with Crippen LogP contribution in [0.25, 0.3) is 11.0 Å². The van der Waals surface area contributed by atoms with Gasteiger partial charge in [0.05, 0.1) is 0 Å². The third kappa shape index (κ3) is 2.39. The first-order chi connectivity index (χ1) is 10.7. The predicted molar refractivity (Wildman–Crippen MR) is 87.5 cm³/mol. The van der Waals surface area contributed by atoms with Crippen LogP contribution in [0.4, 0.5) is 0 Å². The topological polar surface area (TPSA) is 57.7 Å². The Morgan fingerprint density at radius 2 is 1.59 bits per heavy atom. The van der Waals surface area contributed by atoms with E-state index in [1.807, 2.05) is 67.6 Å². The molecule has 1 heterocycles. The van der Waals surface area contributed by atoms with Crippen LogP contribution in [0.2, 0.25) is 0 Å². The van der Waals surface area contributed by atoms with Gasteiger partial charge in [0.15, 0.2) is 0 Å². The van der Waals surface area contributed by atoms with E-state index >= 15 is 0 Å². The Balaban J connectivity index is 2.26. The van der Waals surface area contributed by atoms with Crippen LogP contribution in [0.5, 0.6) is 0 Å². The zero-order chi connectivity index (χ0) is 15.5. The molecule has 0 spiro atoms. The lowest BCUT2D eigenvalue weighted by Crippen LogP contribution is -2.28. The van der Waals surface area contributed by atoms with Gasteiger partial charge >= 0.3 is 0 Å². The minimum Gasteiger partial charge on any atom is -0.858 e. The molecule has 22 heavy (non-hydrogen) atoms. The van der Waals surface area contributed by atoms with Gasteiger partial charge in [0.1, 0.15) is 0 Å². The van der Waals surface area contributed by atoms with Gasteiger partial charge in [-0.3, -0.25) is 10.9 Å². The van der Waals surface area contributed by atoms with Gasteiger partial charge in [-0.25, -0.2) is 0 Å². The third-order valence-electron chi connectivity index (χ3n) is 3.80. The molecule has 2 aromatic rings. The van der Waals surface area contributed by atoms with Crippen molar-refractivity contribution in [2.75, 3.05) is 0 Å². The highest BCUT2D eigenvalue weighted by Gasteiger charge is 2.26. The van der Waals surface area contributed by atoms with Gasteiger partial charge < -0.3 is 10.5 Å². The van der Waals surface area contributed by atoms with Gasteiger partial charge in [-0.1, -0.05) is 60.7 Å². The predicted octanol–water partition coefficient (Wildman–Crippen LogP) is 3.14. The highest BCUT2D eigenvalue weighted by Crippen LogP contribution is 2.41. The number of aliphatic imine (C=N–C) groups is 1. The van der Waals surface area contributed by atoms with Crippen molar-refractivity contribution in [2.45, 2.75) is 12.8 Å². The summed E-state index contributed by atoms with van der Waals surface area (Å²) in [5.74, 6) is 1.26. The normalized spacial score (nSPS) is 18.0. The Hall–Kier alpha value is -2.90. The third-order valence-corrected chi connectivity index (χ3v) is 3.80. The van der Waals surface area contributed by atoms with Crippen molar-refractivity contribution in [2.24, 2.45) is 4.99 Å². The van der Waals surface area contributed by atoms with Crippen LogP contribution in [0.15, 0.2) is 76.9 Å². The molecule has 3 rings (SSSR count). The van der Waals surface area contributed by atoms with E-state index in [0.717, 1.165) is 16.7 Å². The number of allylic oxidation sites excluding steroid dienone is 2. The zero-order valence-corrected chi connectivity index (χ0v) is 12.2. The fourth-order valence-corrected chi connectivity index (χ4v) is 2.83. The molecule has 0 amide bonds. The maximum absolute atomic E-state index is 12.1. The number of rotatable bonds is 2. The van der Waals surface area contributed by atoms with Crippen molar-refractivity contribution in [3.63, 3.8) is 0 Å². The number of hydrogen-bond acceptors (Lipinski definition) is 2. The molecule has 0 aliphatic carbocycles. The smallest absolute Gasteiger partial charge is 0.0428 e. The second-order valence-corrected chi connectivity index (χ2v) is 5.15. The van der Waals surface area contributed by atoms with Gasteiger partial charge in [0.2, 0.25) is 0 Å². The second-order valence-electron chi connectivity index (χ2n) is 5.15. The van der Waals surface area contributed by atoms with Crippen LogP contribution in [-0.4, -0.2) is 11.8 Å². The van der Waals surface area contributed by atoms with Crippen molar-refractivity contribution in [3.05, 3.63) is 88.5 Å². The van der Waals surface area contributed by atoms with E-state index in [9.17, 15) is 10.5 Å². The molecule has 2 aromatic carbocycles. The molecular weight excluding hydrogens is 272 g/mol. The molecule has 1 aliphatic rings. The van der Waals surface area contributed by atoms with Crippen molar-refractivity contribution >= 4 is 17.3 Å². The minimum atomic E-state index is -0.437. The van der Waals surface area contributed by atoms with Crippen molar-refractivity contribution in [1.29, 1.82) is 0 Å². The summed E-state index contributed by atoms with van der Waals surface area (Å²) in [7, 11) is 0. The highest BCUT2D eigenvalue weighted by molar-refractivity contribution is 6.07. The number of benzene rings is 2. The molecule has 0 bridgehead atoms. The quantitative estimate of drug-likeness (QED) is 0.782. The molecule has 0 aromatic heterocycles. The molecule has 3 heteroatoms. The van der Waals surface area contributed by atoms with Crippen LogP contribution >= 0.6 is 0 Å². The van der Waals surface area contributed by atoms with Gasteiger partial charge in [-0.05, 0) is 35.1 Å². The van der Waals surface area contributed by atoms with Crippen LogP contribution in [0, 0.1) is 0 Å². The first-order valence-corrected chi connectivity index (χ1v) is 7.06. The summed E-state index contributed by atoms with van der Waals surface area (Å²) in [6.07, 6.45) is 0. The molecule has 0 fully saturated rings. The Morgan fingerprint density at radius 3 is 2.18 bits per heavy atom. The molecule has 1 aliphatic heterocycles. The minimum absolute atomic E-state index is 0.177. The Labute approximate surface area is 129 Å². The number of nitrogens with zero attached hydrogens (tertiary/aromatic N) is 2. The summed E-state index contributed by atoms with van der Waals surface area (Å²) in [6.45, 7) is 1.82. The first-order valence-electron chi connectivity index (χ1n) is 7.06. The fraction of sp³-hybridized carbons (Fsp3) is 0.105. The van der Waals surface area contributed by atoms with E-state index in [0.29, 0.717) is 5.70 Å². The van der Waals surface area contributed by atoms with Crippen molar-refractivity contribution in [3.8, 4) is 0 Å². The Bertz CT molecular complexity index is 798. The SMILES string of the molecule is CC1=C(c2ccccc2)C(c2ccccc2)C(=C=[N-])C([O-])=N1. The first kappa shape index (κ1) is 14.1. The molecule has 0 saturated carbocycles. The van der Waals surface area contributed by atoms with Gasteiger partial charge in [-0.15, -0.1) is 0 Å². The average molecular weight is 286 g/mol. The highest BCUT2D eigenvalue weighted by atomic mass is 16.3. The molecular formula is C19H14N2O-2. The average Bonchev–Trinajstić information content (AvgIpc) is 2.56. The van der Waals surface area contributed by atoms with E-state index in [2.05, 4.69) is 10.9 Å². The molecule has 108 valence electrons. The lowest BCUT2D eigenvalue weighted by Gasteiger charge is -2.32. The van der Waals surface area contributed by atoms with Crippen LogP contribution < -0.4 is 5.11 Å². The summed E-state index contributed by atoms with van der Waals surface area (Å²) < 4.78 is 0. The van der Waals surface area contributed by atoms with Crippen LogP contribution in [-0.2, 0) is 0 Å². The van der Waals surface area contributed by atoms with Crippen LogP contribution in [0.1, 0.15) is 24.0 Å². The van der Waals surface area contributed by atoms with E-state index in [-0.39, 0.29) is 11.5 Å². The van der Waals surface area contributed by atoms with E-state index in [1.165, 1.54) is 0 Å². The summed E-state index contributed by atoms with van der Waals surface area (Å²) in [5, 5.41) is 21.6. The van der Waals surface area contributed by atoms with Crippen molar-refractivity contribution < 1.29 is 5.11 Å². The summed E-state index contributed by atoms with van der Waals surface area (Å²) >= 11 is 0. The molecule has 3 nitrogen and oxygen atoms in total. The standard InChI is InChI=1S/C19H15N2O/c1-13-17(14-8-4-2-5-9-14)18(15-10-6-3-7-11-15)16(12-20)19(22)21-13/h2-11,18H,1H3,(H,21,22)/q-1/p-1. The van der Waals surface area contributed by atoms with Crippen LogP contribution in [0.3, 0.4) is 0 Å². The maximum atomic E-state index is 12.1. The van der Waals surface area contributed by atoms with Gasteiger partial charge in [-0.2, -0.15) is 0 Å². The maximum Gasteiger partial charge on any atom is 0.0428 e.